The molecule has 0 saturated carbocycles. The number of guanidine groups is 1. The molecule has 0 radical (unpaired) electrons. The highest BCUT2D eigenvalue weighted by Crippen LogP contribution is 2.26. The molecule has 2 aromatic rings. The van der Waals surface area contributed by atoms with Gasteiger partial charge in [0, 0.05) is 43.9 Å². The molecular weight excluding hydrogens is 1020 g/mol. The lowest BCUT2D eigenvalue weighted by Crippen LogP contribution is -2.61. The lowest BCUT2D eigenvalue weighted by molar-refractivity contribution is -0.142. The predicted octanol–water partition coefficient (Wildman–Crippen LogP) is -5.40. The Bertz CT molecular complexity index is 2420. The largest absolute Gasteiger partial charge is 0.508 e. The van der Waals surface area contributed by atoms with E-state index in [-0.39, 0.29) is 68.4 Å². The normalized spacial score (nSPS) is 22.6. The van der Waals surface area contributed by atoms with Crippen LogP contribution in [0.15, 0.2) is 59.6 Å². The number of primary amides is 3. The van der Waals surface area contributed by atoms with E-state index >= 15 is 0 Å². The highest BCUT2D eigenvalue weighted by atomic mass is 33.1. The maximum atomic E-state index is 14.6. The molecule has 75 heavy (non-hydrogen) atoms. The number of phenols is 1. The van der Waals surface area contributed by atoms with Crippen molar-refractivity contribution < 1.29 is 57.8 Å². The molecule has 11 amide bonds. The Hall–Kier alpha value is -7.66. The number of carbonyl (C=O) groups is 11. The van der Waals surface area contributed by atoms with Crippen LogP contribution in [0.3, 0.4) is 0 Å². The minimum Gasteiger partial charge on any atom is -0.508 e. The molecule has 2 aliphatic heterocycles. The van der Waals surface area contributed by atoms with Crippen LogP contribution in [-0.4, -0.2) is 160 Å². The number of nitrogens with two attached hydrogens (primary N) is 6. The molecule has 4 rings (SSSR count). The number of nitrogens with zero attached hydrogens (tertiary/aromatic N) is 2. The third kappa shape index (κ3) is 20.3. The number of rotatable bonds is 19. The molecule has 8 atom stereocenters. The summed E-state index contributed by atoms with van der Waals surface area (Å²) in [6.07, 6.45) is -1.38. The van der Waals surface area contributed by atoms with Crippen LogP contribution in [0.5, 0.6) is 5.75 Å². The van der Waals surface area contributed by atoms with Gasteiger partial charge in [-0.15, -0.1) is 0 Å². The van der Waals surface area contributed by atoms with E-state index in [1.807, 2.05) is 0 Å². The van der Waals surface area contributed by atoms with Crippen molar-refractivity contribution in [1.82, 2.24) is 42.1 Å². The van der Waals surface area contributed by atoms with Crippen molar-refractivity contribution in [2.75, 3.05) is 31.1 Å². The van der Waals surface area contributed by atoms with Gasteiger partial charge in [0.1, 0.15) is 48.0 Å². The summed E-state index contributed by atoms with van der Waals surface area (Å²) in [5, 5.41) is 27.6. The van der Waals surface area contributed by atoms with Crippen molar-refractivity contribution in [3.63, 3.8) is 0 Å². The zero-order chi connectivity index (χ0) is 55.2. The van der Waals surface area contributed by atoms with E-state index in [0.29, 0.717) is 17.5 Å². The predicted molar refractivity (Wildman–Crippen MR) is 276 cm³/mol. The maximum absolute atomic E-state index is 14.6. The Morgan fingerprint density at radius 3 is 1.89 bits per heavy atom. The number of hydrogen-bond acceptors (Lipinski definition) is 16. The topological polar surface area (TPSA) is 464 Å². The summed E-state index contributed by atoms with van der Waals surface area (Å²) in [5.41, 5.74) is 34.4. The van der Waals surface area contributed by atoms with Crippen molar-refractivity contribution in [1.29, 1.82) is 0 Å². The van der Waals surface area contributed by atoms with Crippen LogP contribution in [0, 0.1) is 0 Å². The maximum Gasteiger partial charge on any atom is 0.246 e. The van der Waals surface area contributed by atoms with Crippen LogP contribution >= 0.6 is 21.6 Å². The first-order valence-electron chi connectivity index (χ1n) is 23.7. The first-order valence-corrected chi connectivity index (χ1v) is 26.2. The molecule has 0 spiro atoms. The van der Waals surface area contributed by atoms with Crippen LogP contribution in [0.1, 0.15) is 56.1 Å². The van der Waals surface area contributed by atoms with Gasteiger partial charge in [-0.1, -0.05) is 64.1 Å². The van der Waals surface area contributed by atoms with Gasteiger partial charge in [-0.25, -0.2) is 0 Å². The second-order valence-corrected chi connectivity index (χ2v) is 20.2. The number of benzene rings is 2. The van der Waals surface area contributed by atoms with E-state index in [9.17, 15) is 57.8 Å². The van der Waals surface area contributed by atoms with E-state index in [0.717, 1.165) is 21.6 Å². The third-order valence-electron chi connectivity index (χ3n) is 11.6. The fourth-order valence-corrected chi connectivity index (χ4v) is 10.1. The number of amides is 11. The average Bonchev–Trinajstić information content (AvgIpc) is 3.86. The fraction of sp³-hybridized carbons (Fsp3) is 0.478. The summed E-state index contributed by atoms with van der Waals surface area (Å²) in [4.78, 5) is 153. The minimum atomic E-state index is -1.80. The molecule has 29 heteroatoms. The van der Waals surface area contributed by atoms with E-state index in [2.05, 4.69) is 42.2 Å². The molecular formula is C46H65N15O12S2. The van der Waals surface area contributed by atoms with Crippen molar-refractivity contribution in [2.24, 2.45) is 39.4 Å². The van der Waals surface area contributed by atoms with E-state index in [4.69, 9.17) is 34.4 Å². The standard InChI is InChI=1S/C46H65N15O12S2/c47-27-22-74-75-23-33(45(73)61-17-5-9-34(61)44(72)56-28(8-4-16-53-46(51)52)39(67)54-21-37(50)65)60-43(71)32(20-36(49)64)59-40(68)29(14-15-35(48)63)55-41(69)31(18-24-6-2-1-3-7-24)58-42(70)30(57-38(27)66)19-25-10-12-26(62)13-11-25/h1-3,6-7,10-13,27-34,62H,4-5,8-9,14-23,47H2,(H2,48,63)(H2,49,64)(H2,50,65)(H,54,67)(H,55,69)(H,56,72)(H,57,66)(H,58,70)(H,59,68)(H,60,71)(H4,51,52,53)/t27-,28-,29?,30?,31-,32?,33-,34-/m0/s1. The van der Waals surface area contributed by atoms with Gasteiger partial charge < -0.3 is 81.6 Å². The van der Waals surface area contributed by atoms with Gasteiger partial charge in [0.2, 0.25) is 65.0 Å². The first-order chi connectivity index (χ1) is 35.6. The quantitative estimate of drug-likeness (QED) is 0.0270. The number of aliphatic imine (C=N–C) groups is 1. The van der Waals surface area contributed by atoms with E-state index in [1.165, 1.54) is 29.2 Å². The summed E-state index contributed by atoms with van der Waals surface area (Å²) in [5.74, 6) is -10.5. The number of aromatic hydroxyl groups is 1. The lowest BCUT2D eigenvalue weighted by atomic mass is 10.0. The van der Waals surface area contributed by atoms with Crippen molar-refractivity contribution in [2.45, 2.75) is 106 Å². The molecule has 0 bridgehead atoms. The Labute approximate surface area is 439 Å². The molecule has 0 aliphatic carbocycles. The molecule has 2 heterocycles. The zero-order valence-corrected chi connectivity index (χ0v) is 42.5. The average molecular weight is 1080 g/mol. The van der Waals surface area contributed by atoms with E-state index in [1.54, 1.807) is 30.3 Å². The molecule has 2 fully saturated rings. The molecule has 2 saturated heterocycles. The highest BCUT2D eigenvalue weighted by molar-refractivity contribution is 8.76. The second kappa shape index (κ2) is 29.9. The summed E-state index contributed by atoms with van der Waals surface area (Å²) < 4.78 is 0. The summed E-state index contributed by atoms with van der Waals surface area (Å²) in [6, 6.07) is 2.80. The van der Waals surface area contributed by atoms with E-state index < -0.39 is 139 Å². The van der Waals surface area contributed by atoms with Crippen LogP contribution < -0.4 is 71.6 Å². The summed E-state index contributed by atoms with van der Waals surface area (Å²) >= 11 is 0. The van der Waals surface area contributed by atoms with Crippen LogP contribution in [0.25, 0.3) is 0 Å². The smallest absolute Gasteiger partial charge is 0.246 e. The van der Waals surface area contributed by atoms with Gasteiger partial charge in [0.25, 0.3) is 0 Å². The van der Waals surface area contributed by atoms with Crippen LogP contribution in [0.4, 0.5) is 0 Å². The van der Waals surface area contributed by atoms with Gasteiger partial charge in [-0.05, 0) is 55.4 Å². The number of likely N-dealkylation sites (tertiary alicyclic amines) is 1. The summed E-state index contributed by atoms with van der Waals surface area (Å²) in [7, 11) is 1.99. The zero-order valence-electron chi connectivity index (χ0n) is 40.8. The van der Waals surface area contributed by atoms with Crippen LogP contribution in [0.2, 0.25) is 0 Å². The Morgan fingerprint density at radius 1 is 0.707 bits per heavy atom. The SMILES string of the molecule is NC(=O)CCC1NC(=O)[C@H](Cc2ccccc2)NC(=O)C(Cc2ccc(O)cc2)NC(=O)[C@@H](N)CSSC[C@@H](C(=O)N2CCC[C@H]2C(=O)N[C@@H](CCCN=C(N)N)C(=O)NCC(N)=O)NC(=O)C(CC(N)=O)NC1=O. The number of nitrogens with one attached hydrogen (secondary N) is 7. The van der Waals surface area contributed by atoms with Crippen LogP contribution in [-0.2, 0) is 65.6 Å². The second-order valence-electron chi connectivity index (χ2n) is 17.6. The molecule has 0 aromatic heterocycles. The van der Waals surface area contributed by atoms with Gasteiger partial charge in [0.15, 0.2) is 5.96 Å². The van der Waals surface area contributed by atoms with Gasteiger partial charge >= 0.3 is 0 Å². The molecule has 2 aromatic carbocycles. The molecule has 20 N–H and O–H groups in total. The highest BCUT2D eigenvalue weighted by Gasteiger charge is 2.40. The third-order valence-corrected chi connectivity index (χ3v) is 14.1. The van der Waals surface area contributed by atoms with Gasteiger partial charge in [0.05, 0.1) is 19.0 Å². The fourth-order valence-electron chi connectivity index (χ4n) is 7.80. The van der Waals surface area contributed by atoms with Gasteiger partial charge in [-0.3, -0.25) is 57.7 Å². The van der Waals surface area contributed by atoms with Crippen molar-refractivity contribution in [3.8, 4) is 5.75 Å². The van der Waals surface area contributed by atoms with Crippen molar-refractivity contribution in [3.05, 3.63) is 65.7 Å². The van der Waals surface area contributed by atoms with Crippen molar-refractivity contribution >= 4 is 92.5 Å². The molecule has 2 aliphatic rings. The molecule has 408 valence electrons. The Balaban J connectivity index is 1.71. The van der Waals surface area contributed by atoms with Gasteiger partial charge in [-0.2, -0.15) is 0 Å². The lowest BCUT2D eigenvalue weighted by Gasteiger charge is -2.31. The minimum absolute atomic E-state index is 0.00106. The number of carbonyl (C=O) groups excluding carboxylic acids is 11. The Kier molecular flexibility index (Phi) is 23.9. The molecule has 3 unspecified atom stereocenters. The number of phenolic OH excluding ortho intramolecular Hbond substituents is 1. The monoisotopic (exact) mass is 1080 g/mol. The first kappa shape index (κ1) is 59.9. The number of hydrogen-bond donors (Lipinski definition) is 14. The molecule has 27 nitrogen and oxygen atoms in total. The Morgan fingerprint density at radius 2 is 1.28 bits per heavy atom. The summed E-state index contributed by atoms with van der Waals surface area (Å²) in [6.45, 7) is -0.443.